The largest absolute Gasteiger partial charge is 0.508 e. The fourth-order valence-corrected chi connectivity index (χ4v) is 8.66. The van der Waals surface area contributed by atoms with E-state index in [1.54, 1.807) is 72.8 Å². The molecular formula is C86H65IO10. The Morgan fingerprint density at radius 1 is 0.381 bits per heavy atom. The third-order valence-corrected chi connectivity index (χ3v) is 14.1. The van der Waals surface area contributed by atoms with Gasteiger partial charge in [-0.3, -0.25) is 0 Å². The molecule has 1 aliphatic rings. The van der Waals surface area contributed by atoms with Crippen molar-refractivity contribution in [3.63, 3.8) is 0 Å². The average Bonchev–Trinajstić information content (AvgIpc) is 1.26. The molecule has 11 aromatic rings. The van der Waals surface area contributed by atoms with Crippen LogP contribution in [0.15, 0.2) is 273 Å². The van der Waals surface area contributed by atoms with Gasteiger partial charge in [-0.25, -0.2) is 9.59 Å². The number of esters is 2. The highest BCUT2D eigenvalue weighted by Gasteiger charge is 2.16. The molecule has 0 bridgehead atoms. The Kier molecular flexibility index (Phi) is 28.5. The van der Waals surface area contributed by atoms with Gasteiger partial charge in [0, 0.05) is 71.4 Å². The highest BCUT2D eigenvalue weighted by Crippen LogP contribution is 2.26. The predicted molar refractivity (Wildman–Crippen MR) is 391 cm³/mol. The van der Waals surface area contributed by atoms with Crippen LogP contribution in [0.5, 0.6) is 40.2 Å². The summed E-state index contributed by atoms with van der Waals surface area (Å²) in [7, 11) is 0. The molecule has 0 aromatic heterocycles. The number of benzene rings is 11. The van der Waals surface area contributed by atoms with Crippen LogP contribution in [0.1, 0.15) is 109 Å². The Morgan fingerprint density at radius 2 is 0.649 bits per heavy atom. The number of aromatic hydroxyl groups is 5. The van der Waals surface area contributed by atoms with Gasteiger partial charge in [-0.15, -0.1) is 6.42 Å². The second kappa shape index (κ2) is 38.4. The minimum Gasteiger partial charge on any atom is -0.508 e. The van der Waals surface area contributed by atoms with E-state index in [0.29, 0.717) is 17.6 Å². The molecule has 1 heterocycles. The van der Waals surface area contributed by atoms with Crippen LogP contribution < -0.4 is 9.47 Å². The molecule has 1 fully saturated rings. The van der Waals surface area contributed by atoms with Gasteiger partial charge in [-0.1, -0.05) is 127 Å². The van der Waals surface area contributed by atoms with Crippen molar-refractivity contribution in [2.45, 2.75) is 33.3 Å². The second-order valence-corrected chi connectivity index (χ2v) is 22.0. The van der Waals surface area contributed by atoms with Crippen molar-refractivity contribution in [3.8, 4) is 112 Å². The third kappa shape index (κ3) is 25.4. The average molecular weight is 1390 g/mol. The summed E-state index contributed by atoms with van der Waals surface area (Å²) in [4.78, 5) is 24.0. The molecule has 11 heteroatoms. The van der Waals surface area contributed by atoms with Crippen molar-refractivity contribution in [1.29, 1.82) is 0 Å². The van der Waals surface area contributed by atoms with E-state index in [9.17, 15) is 35.1 Å². The maximum absolute atomic E-state index is 12.2. The first kappa shape index (κ1) is 71.8. The Balaban J connectivity index is 0.000000182. The molecule has 1 aliphatic heterocycles. The van der Waals surface area contributed by atoms with Gasteiger partial charge in [0.2, 0.25) is 0 Å². The number of phenols is 5. The SMILES string of the molecule is C.C#Cc1ccc(C#Cc2ccccc2)cc1.CC1CCCO1.O=C(Oc1ccc(C#Cc2ccc(C#Cc3ccccc3)cc2)cc1)c1cc(O)ccc1O.O=C(Oc1ccc(I)cc1)c1cc(O)ccc1O.Oc1ccc(C#Cc2ccc(C#Cc3ccccc3)cc2)cc1. The topological polar surface area (TPSA) is 163 Å². The van der Waals surface area contributed by atoms with Gasteiger partial charge in [-0.2, -0.15) is 0 Å². The molecule has 0 spiro atoms. The van der Waals surface area contributed by atoms with E-state index in [1.807, 2.05) is 164 Å². The van der Waals surface area contributed by atoms with E-state index < -0.39 is 11.9 Å². The summed E-state index contributed by atoms with van der Waals surface area (Å²) < 4.78 is 16.5. The summed E-state index contributed by atoms with van der Waals surface area (Å²) in [5, 5.41) is 47.3. The lowest BCUT2D eigenvalue weighted by molar-refractivity contribution is 0.0721. The van der Waals surface area contributed by atoms with Gasteiger partial charge in [0.15, 0.2) is 0 Å². The molecule has 11 aromatic carbocycles. The van der Waals surface area contributed by atoms with Gasteiger partial charge < -0.3 is 39.7 Å². The Labute approximate surface area is 580 Å². The maximum Gasteiger partial charge on any atom is 0.347 e. The third-order valence-electron chi connectivity index (χ3n) is 13.4. The number of carbonyl (C=O) groups excluding carboxylic acids is 2. The van der Waals surface area contributed by atoms with Crippen LogP contribution in [0.3, 0.4) is 0 Å². The molecule has 0 amide bonds. The summed E-state index contributed by atoms with van der Waals surface area (Å²) in [6.07, 6.45) is 8.35. The summed E-state index contributed by atoms with van der Waals surface area (Å²) in [6.45, 7) is 3.11. The van der Waals surface area contributed by atoms with Crippen molar-refractivity contribution in [3.05, 3.63) is 349 Å². The molecule has 1 saturated heterocycles. The lowest BCUT2D eigenvalue weighted by Gasteiger charge is -2.06. The molecular weight excluding hydrogens is 1320 g/mol. The van der Waals surface area contributed by atoms with Gasteiger partial charge >= 0.3 is 11.9 Å². The fraction of sp³-hybridized carbons (Fsp3) is 0.0698. The normalized spacial score (nSPS) is 10.9. The molecule has 1 atom stereocenters. The highest BCUT2D eigenvalue weighted by molar-refractivity contribution is 14.1. The van der Waals surface area contributed by atoms with Crippen LogP contribution in [0.25, 0.3) is 0 Å². The van der Waals surface area contributed by atoms with Crippen LogP contribution >= 0.6 is 22.6 Å². The van der Waals surface area contributed by atoms with Gasteiger partial charge in [0.25, 0.3) is 0 Å². The number of hydrogen-bond donors (Lipinski definition) is 5. The smallest absolute Gasteiger partial charge is 0.347 e. The van der Waals surface area contributed by atoms with Crippen molar-refractivity contribution < 1.29 is 49.3 Å². The van der Waals surface area contributed by atoms with Crippen LogP contribution in [0, 0.1) is 75.1 Å². The van der Waals surface area contributed by atoms with E-state index in [4.69, 9.17) is 20.6 Å². The van der Waals surface area contributed by atoms with E-state index in [0.717, 1.165) is 83.5 Å². The van der Waals surface area contributed by atoms with E-state index in [1.165, 1.54) is 37.1 Å². The fourth-order valence-electron chi connectivity index (χ4n) is 8.30. The van der Waals surface area contributed by atoms with Gasteiger partial charge in [0.1, 0.15) is 51.4 Å². The van der Waals surface area contributed by atoms with Gasteiger partial charge in [0.05, 0.1) is 6.10 Å². The lowest BCUT2D eigenvalue weighted by atomic mass is 10.1. The molecule has 97 heavy (non-hydrogen) atoms. The zero-order valence-corrected chi connectivity index (χ0v) is 54.1. The first-order chi connectivity index (χ1) is 46.7. The Hall–Kier alpha value is -12.6. The first-order valence-corrected chi connectivity index (χ1v) is 31.0. The van der Waals surface area contributed by atoms with Crippen molar-refractivity contribution in [2.75, 3.05) is 6.61 Å². The van der Waals surface area contributed by atoms with Crippen molar-refractivity contribution in [2.24, 2.45) is 0 Å². The predicted octanol–water partition coefficient (Wildman–Crippen LogP) is 17.1. The lowest BCUT2D eigenvalue weighted by Crippen LogP contribution is -2.08. The zero-order valence-electron chi connectivity index (χ0n) is 51.9. The number of rotatable bonds is 4. The highest BCUT2D eigenvalue weighted by atomic mass is 127. The van der Waals surface area contributed by atoms with Crippen LogP contribution in [-0.4, -0.2) is 50.2 Å². The molecule has 476 valence electrons. The Morgan fingerprint density at radius 3 is 0.928 bits per heavy atom. The number of halogens is 1. The van der Waals surface area contributed by atoms with E-state index in [2.05, 4.69) is 94.6 Å². The van der Waals surface area contributed by atoms with Gasteiger partial charge in [-0.05, 0) is 261 Å². The molecule has 12 rings (SSSR count). The molecule has 0 radical (unpaired) electrons. The van der Waals surface area contributed by atoms with Crippen molar-refractivity contribution in [1.82, 2.24) is 0 Å². The Bertz CT molecular complexity index is 4730. The molecule has 1 unspecified atom stereocenters. The van der Waals surface area contributed by atoms with E-state index in [-0.39, 0.29) is 47.3 Å². The number of hydrogen-bond acceptors (Lipinski definition) is 10. The summed E-state index contributed by atoms with van der Waals surface area (Å²) in [5.74, 6) is 32.3. The second-order valence-electron chi connectivity index (χ2n) is 20.8. The number of ether oxygens (including phenoxy) is 3. The van der Waals surface area contributed by atoms with Crippen LogP contribution in [-0.2, 0) is 4.74 Å². The number of phenolic OH excluding ortho intramolecular Hbond substituents is 5. The minimum atomic E-state index is -0.766. The summed E-state index contributed by atoms with van der Waals surface area (Å²) >= 11 is 2.14. The molecule has 10 nitrogen and oxygen atoms in total. The summed E-state index contributed by atoms with van der Waals surface area (Å²) in [6, 6.07) is 80.6. The van der Waals surface area contributed by atoms with Crippen LogP contribution in [0.2, 0.25) is 0 Å². The first-order valence-electron chi connectivity index (χ1n) is 30.0. The monoisotopic (exact) mass is 1380 g/mol. The molecule has 5 N–H and O–H groups in total. The standard InChI is InChI=1S/C29H18O4.C22H14O.C16H10.C13H9IO4.C5H10O.CH4/c30-25-16-19-28(31)27(20-25)29(32)33-26-17-14-24(15-18-26)13-12-23-10-8-22(9-11-23)7-6-21-4-2-1-3-5-21;23-22-16-14-21(15-17-22)13-12-20-10-8-19(9-11-20)7-6-18-4-2-1-3-5-18;1-2-14-8-10-16(11-9-14)13-12-15-6-4-3-5-7-15;14-8-1-4-10(5-2-8)18-13(17)11-7-9(15)3-6-12(11)16;1-5-3-2-4-6-5;/h1-5,8-11,14-20,30-31H;1-5,8-11,14-17,23H;1,3-11H;1-7,15-16H;5H,2-4H2,1H3;1H4. The van der Waals surface area contributed by atoms with Crippen LogP contribution in [0.4, 0.5) is 0 Å². The van der Waals surface area contributed by atoms with Crippen molar-refractivity contribution >= 4 is 34.5 Å². The quantitative estimate of drug-likeness (QED) is 0.0377. The maximum atomic E-state index is 12.2. The minimum absolute atomic E-state index is 0. The zero-order chi connectivity index (χ0) is 67.7. The number of carbonyl (C=O) groups is 2. The molecule has 0 aliphatic carbocycles. The summed E-state index contributed by atoms with van der Waals surface area (Å²) in [5.41, 5.74) is 9.94. The van der Waals surface area contributed by atoms with E-state index >= 15 is 0 Å². The molecule has 0 saturated carbocycles. The number of terminal acetylenes is 1.